The molecule has 0 aromatic heterocycles. The predicted molar refractivity (Wildman–Crippen MR) is 114 cm³/mol. The fraction of sp³-hybridized carbons (Fsp3) is 0.364. The standard InChI is InChI=1S/C22H25FN4O4/c1-12(31-15-4-3-13(8-25-2)18(24)5-15)14-9-27(10-14)22(29)16-6-19-20(7-17(16)23)30-11-21(28)26-19/h3-7,12,14,25H,8-11,24H2,1-2H3,(H,26,28). The molecule has 2 heterocycles. The van der Waals surface area contributed by atoms with Gasteiger partial charge in [-0.1, -0.05) is 6.07 Å². The van der Waals surface area contributed by atoms with Gasteiger partial charge in [0.25, 0.3) is 11.8 Å². The highest BCUT2D eigenvalue weighted by Gasteiger charge is 2.37. The number of benzene rings is 2. The second-order valence-electron chi connectivity index (χ2n) is 7.85. The van der Waals surface area contributed by atoms with E-state index in [4.69, 9.17) is 15.2 Å². The second kappa shape index (κ2) is 8.43. The molecule has 2 amide bonds. The molecular formula is C22H25FN4O4. The SMILES string of the molecule is CNCc1ccc(OC(C)C2CN(C(=O)c3cc4c(cc3F)OCC(=O)N4)C2)cc1N. The average molecular weight is 428 g/mol. The zero-order valence-corrected chi connectivity index (χ0v) is 17.4. The lowest BCUT2D eigenvalue weighted by molar-refractivity contribution is -0.118. The van der Waals surface area contributed by atoms with E-state index in [9.17, 15) is 14.0 Å². The van der Waals surface area contributed by atoms with Gasteiger partial charge in [-0.25, -0.2) is 4.39 Å². The van der Waals surface area contributed by atoms with Crippen LogP contribution in [-0.4, -0.2) is 49.6 Å². The highest BCUT2D eigenvalue weighted by molar-refractivity contribution is 6.00. The minimum Gasteiger partial charge on any atom is -0.490 e. The number of rotatable bonds is 6. The fourth-order valence-electron chi connectivity index (χ4n) is 3.72. The van der Waals surface area contributed by atoms with Gasteiger partial charge in [-0.2, -0.15) is 0 Å². The van der Waals surface area contributed by atoms with Gasteiger partial charge in [-0.3, -0.25) is 9.59 Å². The van der Waals surface area contributed by atoms with Crippen LogP contribution in [-0.2, 0) is 11.3 Å². The Hall–Kier alpha value is -3.33. The Morgan fingerprint density at radius 1 is 1.39 bits per heavy atom. The van der Waals surface area contributed by atoms with E-state index in [1.807, 2.05) is 26.1 Å². The van der Waals surface area contributed by atoms with Crippen LogP contribution in [0.15, 0.2) is 30.3 Å². The summed E-state index contributed by atoms with van der Waals surface area (Å²) in [5, 5.41) is 5.65. The minimum absolute atomic E-state index is 0.0931. The van der Waals surface area contributed by atoms with Crippen LogP contribution in [0.5, 0.6) is 11.5 Å². The molecule has 0 spiro atoms. The first-order valence-electron chi connectivity index (χ1n) is 10.1. The maximum atomic E-state index is 14.4. The summed E-state index contributed by atoms with van der Waals surface area (Å²) >= 11 is 0. The lowest BCUT2D eigenvalue weighted by atomic mass is 9.93. The van der Waals surface area contributed by atoms with Gasteiger partial charge in [0.05, 0.1) is 11.3 Å². The van der Waals surface area contributed by atoms with Gasteiger partial charge < -0.3 is 30.7 Å². The molecule has 0 bridgehead atoms. The van der Waals surface area contributed by atoms with E-state index >= 15 is 0 Å². The van der Waals surface area contributed by atoms with Gasteiger partial charge in [-0.15, -0.1) is 0 Å². The van der Waals surface area contributed by atoms with Gasteiger partial charge in [-0.05, 0) is 31.7 Å². The van der Waals surface area contributed by atoms with Crippen LogP contribution in [0.2, 0.25) is 0 Å². The Balaban J connectivity index is 1.36. The maximum Gasteiger partial charge on any atom is 0.262 e. The lowest BCUT2D eigenvalue weighted by Crippen LogP contribution is -2.55. The predicted octanol–water partition coefficient (Wildman–Crippen LogP) is 2.00. The Labute approximate surface area is 179 Å². The highest BCUT2D eigenvalue weighted by Crippen LogP contribution is 2.33. The number of halogens is 1. The number of nitrogens with one attached hydrogen (secondary N) is 2. The smallest absolute Gasteiger partial charge is 0.262 e. The Kier molecular flexibility index (Phi) is 5.69. The average Bonchev–Trinajstić information content (AvgIpc) is 2.68. The topological polar surface area (TPSA) is 106 Å². The number of anilines is 2. The number of ether oxygens (including phenoxy) is 2. The van der Waals surface area contributed by atoms with Crippen molar-refractivity contribution in [2.24, 2.45) is 5.92 Å². The number of carbonyl (C=O) groups excluding carboxylic acids is 2. The summed E-state index contributed by atoms with van der Waals surface area (Å²) in [5.41, 5.74) is 7.92. The molecule has 2 aliphatic heterocycles. The van der Waals surface area contributed by atoms with Crippen molar-refractivity contribution in [3.8, 4) is 11.5 Å². The minimum atomic E-state index is -0.676. The zero-order chi connectivity index (χ0) is 22.1. The van der Waals surface area contributed by atoms with Gasteiger partial charge in [0.15, 0.2) is 6.61 Å². The van der Waals surface area contributed by atoms with Crippen molar-refractivity contribution in [1.29, 1.82) is 0 Å². The molecule has 1 unspecified atom stereocenters. The van der Waals surface area contributed by atoms with Crippen molar-refractivity contribution in [3.05, 3.63) is 47.3 Å². The van der Waals surface area contributed by atoms with Crippen molar-refractivity contribution < 1.29 is 23.5 Å². The summed E-state index contributed by atoms with van der Waals surface area (Å²) in [6, 6.07) is 8.05. The van der Waals surface area contributed by atoms with Crippen LogP contribution in [0.25, 0.3) is 0 Å². The first-order valence-corrected chi connectivity index (χ1v) is 10.1. The molecule has 0 radical (unpaired) electrons. The molecule has 1 fully saturated rings. The van der Waals surface area contributed by atoms with Crippen LogP contribution < -0.4 is 25.8 Å². The Morgan fingerprint density at radius 2 is 2.16 bits per heavy atom. The fourth-order valence-corrected chi connectivity index (χ4v) is 3.72. The maximum absolute atomic E-state index is 14.4. The molecule has 8 nitrogen and oxygen atoms in total. The van der Waals surface area contributed by atoms with E-state index in [2.05, 4.69) is 10.6 Å². The number of carbonyl (C=O) groups is 2. The molecule has 1 atom stereocenters. The van der Waals surface area contributed by atoms with Crippen molar-refractivity contribution in [2.75, 3.05) is 37.8 Å². The second-order valence-corrected chi connectivity index (χ2v) is 7.85. The first-order chi connectivity index (χ1) is 14.9. The number of nitrogens with zero attached hydrogens (tertiary/aromatic N) is 1. The summed E-state index contributed by atoms with van der Waals surface area (Å²) in [6.07, 6.45) is -0.139. The molecule has 0 aliphatic carbocycles. The molecular weight excluding hydrogens is 403 g/mol. The van der Waals surface area contributed by atoms with Crippen molar-refractivity contribution in [1.82, 2.24) is 10.2 Å². The number of hydrogen-bond donors (Lipinski definition) is 3. The molecule has 0 saturated carbocycles. The monoisotopic (exact) mass is 428 g/mol. The number of hydrogen-bond acceptors (Lipinski definition) is 6. The number of nitrogens with two attached hydrogens (primary N) is 1. The van der Waals surface area contributed by atoms with Gasteiger partial charge in [0.2, 0.25) is 0 Å². The molecule has 2 aromatic rings. The quantitative estimate of drug-likeness (QED) is 0.608. The molecule has 2 aliphatic rings. The summed E-state index contributed by atoms with van der Waals surface area (Å²) in [5.74, 6) is -0.435. The van der Waals surface area contributed by atoms with Crippen LogP contribution in [0.4, 0.5) is 15.8 Å². The molecule has 164 valence electrons. The van der Waals surface area contributed by atoms with Crippen molar-refractivity contribution >= 4 is 23.2 Å². The van der Waals surface area contributed by atoms with E-state index < -0.39 is 11.7 Å². The number of likely N-dealkylation sites (tertiary alicyclic amines) is 1. The summed E-state index contributed by atoms with van der Waals surface area (Å²) in [6.45, 7) is 3.35. The van der Waals surface area contributed by atoms with Gasteiger partial charge >= 0.3 is 0 Å². The number of fused-ring (bicyclic) bond motifs is 1. The first kappa shape index (κ1) is 20.9. The van der Waals surface area contributed by atoms with Crippen LogP contribution >= 0.6 is 0 Å². The normalized spacial score (nSPS) is 16.6. The molecule has 4 rings (SSSR count). The van der Waals surface area contributed by atoms with Gasteiger partial charge in [0, 0.05) is 43.4 Å². The zero-order valence-electron chi connectivity index (χ0n) is 17.4. The largest absolute Gasteiger partial charge is 0.490 e. The molecule has 9 heteroatoms. The van der Waals surface area contributed by atoms with Gasteiger partial charge in [0.1, 0.15) is 23.4 Å². The molecule has 31 heavy (non-hydrogen) atoms. The third-order valence-electron chi connectivity index (χ3n) is 5.60. The highest BCUT2D eigenvalue weighted by atomic mass is 19.1. The van der Waals surface area contributed by atoms with Crippen molar-refractivity contribution in [3.63, 3.8) is 0 Å². The third-order valence-corrected chi connectivity index (χ3v) is 5.60. The molecule has 2 aromatic carbocycles. The van der Waals surface area contributed by atoms with Crippen molar-refractivity contribution in [2.45, 2.75) is 19.6 Å². The summed E-state index contributed by atoms with van der Waals surface area (Å²) < 4.78 is 25.6. The molecule has 1 saturated heterocycles. The Bertz CT molecular complexity index is 1020. The summed E-state index contributed by atoms with van der Waals surface area (Å²) in [7, 11) is 1.86. The number of amides is 2. The van der Waals surface area contributed by atoms with E-state index in [0.717, 1.165) is 11.6 Å². The van der Waals surface area contributed by atoms with Crippen LogP contribution in [0.3, 0.4) is 0 Å². The van der Waals surface area contributed by atoms with E-state index in [-0.39, 0.29) is 35.8 Å². The van der Waals surface area contributed by atoms with E-state index in [1.165, 1.54) is 6.07 Å². The van der Waals surface area contributed by atoms with Crippen LogP contribution in [0.1, 0.15) is 22.8 Å². The Morgan fingerprint density at radius 3 is 2.87 bits per heavy atom. The summed E-state index contributed by atoms with van der Waals surface area (Å²) in [4.78, 5) is 25.8. The molecule has 4 N–H and O–H groups in total. The lowest BCUT2D eigenvalue weighted by Gasteiger charge is -2.42. The van der Waals surface area contributed by atoms with E-state index in [0.29, 0.717) is 36.8 Å². The van der Waals surface area contributed by atoms with Crippen LogP contribution in [0, 0.1) is 11.7 Å². The third kappa shape index (κ3) is 4.27. The number of nitrogen functional groups attached to an aromatic ring is 1. The van der Waals surface area contributed by atoms with E-state index in [1.54, 1.807) is 11.0 Å².